The highest BCUT2D eigenvalue weighted by molar-refractivity contribution is 5.91. The number of carbonyl (C=O) groups excluding carboxylic acids is 1. The summed E-state index contributed by atoms with van der Waals surface area (Å²) in [6.07, 6.45) is 0.467. The maximum absolute atomic E-state index is 11.6. The Balaban J connectivity index is 2.59. The van der Waals surface area contributed by atoms with Crippen molar-refractivity contribution in [1.29, 1.82) is 0 Å². The van der Waals surface area contributed by atoms with E-state index in [2.05, 4.69) is 10.5 Å². The van der Waals surface area contributed by atoms with Crippen LogP contribution in [0.15, 0.2) is 29.4 Å². The van der Waals surface area contributed by atoms with Crippen LogP contribution in [0.3, 0.4) is 0 Å². The number of ether oxygens (including phenoxy) is 1. The standard InChI is InChI=1S/C13H19N3O3/c1-9(2)6-13(17)15-10-4-3-5-11(7-10)19-8-12(14)16-18/h3-5,7,9,18H,6,8H2,1-2H3,(H2,14,16)(H,15,17). The van der Waals surface area contributed by atoms with E-state index in [1.807, 2.05) is 13.8 Å². The number of oxime groups is 1. The number of hydrogen-bond acceptors (Lipinski definition) is 4. The molecule has 4 N–H and O–H groups in total. The highest BCUT2D eigenvalue weighted by Gasteiger charge is 2.06. The van der Waals surface area contributed by atoms with Gasteiger partial charge in [-0.1, -0.05) is 25.1 Å². The van der Waals surface area contributed by atoms with Crippen LogP contribution in [0.4, 0.5) is 5.69 Å². The molecule has 0 saturated heterocycles. The fourth-order valence-corrected chi connectivity index (χ4v) is 1.43. The van der Waals surface area contributed by atoms with Gasteiger partial charge in [0.2, 0.25) is 5.91 Å². The monoisotopic (exact) mass is 265 g/mol. The van der Waals surface area contributed by atoms with Crippen LogP contribution in [-0.4, -0.2) is 23.6 Å². The molecule has 1 rings (SSSR count). The van der Waals surface area contributed by atoms with Gasteiger partial charge < -0.3 is 21.0 Å². The molecule has 19 heavy (non-hydrogen) atoms. The lowest BCUT2D eigenvalue weighted by molar-refractivity contribution is -0.116. The molecule has 0 fully saturated rings. The third kappa shape index (κ3) is 5.76. The Morgan fingerprint density at radius 2 is 2.26 bits per heavy atom. The molecule has 0 aliphatic rings. The van der Waals surface area contributed by atoms with Gasteiger partial charge in [-0.3, -0.25) is 4.79 Å². The molecule has 0 spiro atoms. The smallest absolute Gasteiger partial charge is 0.224 e. The van der Waals surface area contributed by atoms with Gasteiger partial charge in [-0.15, -0.1) is 0 Å². The number of nitrogens with zero attached hydrogens (tertiary/aromatic N) is 1. The summed E-state index contributed by atoms with van der Waals surface area (Å²) in [6, 6.07) is 6.94. The largest absolute Gasteiger partial charge is 0.485 e. The number of nitrogens with one attached hydrogen (secondary N) is 1. The number of hydrogen-bond donors (Lipinski definition) is 3. The predicted molar refractivity (Wildman–Crippen MR) is 73.4 cm³/mol. The molecule has 0 aliphatic carbocycles. The predicted octanol–water partition coefficient (Wildman–Crippen LogP) is 1.80. The SMILES string of the molecule is CC(C)CC(=O)Nc1cccc(OC/C(N)=N/O)c1. The average molecular weight is 265 g/mol. The van der Waals surface area contributed by atoms with Crippen LogP contribution in [0.5, 0.6) is 5.75 Å². The maximum Gasteiger partial charge on any atom is 0.224 e. The van der Waals surface area contributed by atoms with E-state index in [1.54, 1.807) is 24.3 Å². The summed E-state index contributed by atoms with van der Waals surface area (Å²) in [5, 5.41) is 14.0. The van der Waals surface area contributed by atoms with E-state index in [0.29, 0.717) is 23.8 Å². The first-order chi connectivity index (χ1) is 9.01. The number of anilines is 1. The van der Waals surface area contributed by atoms with Crippen molar-refractivity contribution in [2.45, 2.75) is 20.3 Å². The van der Waals surface area contributed by atoms with Crippen LogP contribution < -0.4 is 15.8 Å². The molecule has 1 aromatic rings. The second-order valence-electron chi connectivity index (χ2n) is 4.55. The molecule has 0 aliphatic heterocycles. The zero-order chi connectivity index (χ0) is 14.3. The minimum Gasteiger partial charge on any atom is -0.485 e. The highest BCUT2D eigenvalue weighted by Crippen LogP contribution is 2.17. The van der Waals surface area contributed by atoms with Gasteiger partial charge >= 0.3 is 0 Å². The molecule has 104 valence electrons. The molecule has 0 heterocycles. The number of nitrogens with two attached hydrogens (primary N) is 1. The second-order valence-corrected chi connectivity index (χ2v) is 4.55. The van der Waals surface area contributed by atoms with Gasteiger partial charge in [-0.25, -0.2) is 0 Å². The van der Waals surface area contributed by atoms with Crippen LogP contribution in [0.1, 0.15) is 20.3 Å². The van der Waals surface area contributed by atoms with Crippen molar-refractivity contribution >= 4 is 17.4 Å². The fraction of sp³-hybridized carbons (Fsp3) is 0.385. The van der Waals surface area contributed by atoms with Crippen molar-refractivity contribution in [3.63, 3.8) is 0 Å². The van der Waals surface area contributed by atoms with Crippen LogP contribution in [0.2, 0.25) is 0 Å². The van der Waals surface area contributed by atoms with E-state index in [0.717, 1.165) is 0 Å². The Bertz CT molecular complexity index is 458. The number of amidine groups is 1. The number of carbonyl (C=O) groups is 1. The molecule has 0 aromatic heterocycles. The van der Waals surface area contributed by atoms with E-state index < -0.39 is 0 Å². The summed E-state index contributed by atoms with van der Waals surface area (Å²) in [7, 11) is 0. The first-order valence-corrected chi connectivity index (χ1v) is 6.00. The van der Waals surface area contributed by atoms with E-state index in [-0.39, 0.29) is 18.3 Å². The summed E-state index contributed by atoms with van der Waals surface area (Å²) in [5.74, 6) is 0.784. The van der Waals surface area contributed by atoms with Gasteiger partial charge in [0.1, 0.15) is 12.4 Å². The third-order valence-corrected chi connectivity index (χ3v) is 2.23. The quantitative estimate of drug-likeness (QED) is 0.316. The Morgan fingerprint density at radius 3 is 2.89 bits per heavy atom. The Labute approximate surface area is 112 Å². The lowest BCUT2D eigenvalue weighted by Crippen LogP contribution is -2.20. The van der Waals surface area contributed by atoms with Gasteiger partial charge in [-0.2, -0.15) is 0 Å². The average Bonchev–Trinajstić information content (AvgIpc) is 2.35. The lowest BCUT2D eigenvalue weighted by Gasteiger charge is -2.09. The molecule has 0 bridgehead atoms. The first kappa shape index (κ1) is 14.8. The molecule has 6 nitrogen and oxygen atoms in total. The number of rotatable bonds is 6. The summed E-state index contributed by atoms with van der Waals surface area (Å²) < 4.78 is 5.29. The molecular weight excluding hydrogens is 246 g/mol. The second kappa shape index (κ2) is 7.25. The zero-order valence-corrected chi connectivity index (χ0v) is 11.1. The van der Waals surface area contributed by atoms with Gasteiger partial charge in [0.25, 0.3) is 0 Å². The molecule has 0 unspecified atom stereocenters. The van der Waals surface area contributed by atoms with Crippen molar-refractivity contribution in [2.75, 3.05) is 11.9 Å². The van der Waals surface area contributed by atoms with Crippen LogP contribution in [-0.2, 0) is 4.79 Å². The van der Waals surface area contributed by atoms with E-state index >= 15 is 0 Å². The molecule has 1 amide bonds. The minimum absolute atomic E-state index is 0.0140. The molecular formula is C13H19N3O3. The number of benzene rings is 1. The van der Waals surface area contributed by atoms with Gasteiger partial charge in [0.15, 0.2) is 5.84 Å². The molecule has 0 saturated carbocycles. The van der Waals surface area contributed by atoms with Gasteiger partial charge in [0, 0.05) is 18.2 Å². The van der Waals surface area contributed by atoms with Crippen LogP contribution in [0.25, 0.3) is 0 Å². The normalized spacial score (nSPS) is 11.4. The zero-order valence-electron chi connectivity index (χ0n) is 11.1. The molecule has 0 atom stereocenters. The van der Waals surface area contributed by atoms with Crippen molar-refractivity contribution < 1.29 is 14.7 Å². The Morgan fingerprint density at radius 1 is 1.53 bits per heavy atom. The van der Waals surface area contributed by atoms with Crippen molar-refractivity contribution in [3.8, 4) is 5.75 Å². The summed E-state index contributed by atoms with van der Waals surface area (Å²) in [4.78, 5) is 11.6. The van der Waals surface area contributed by atoms with Gasteiger partial charge in [0.05, 0.1) is 0 Å². The van der Waals surface area contributed by atoms with Crippen molar-refractivity contribution in [3.05, 3.63) is 24.3 Å². The van der Waals surface area contributed by atoms with Gasteiger partial charge in [-0.05, 0) is 18.1 Å². The van der Waals surface area contributed by atoms with Crippen molar-refractivity contribution in [2.24, 2.45) is 16.8 Å². The van der Waals surface area contributed by atoms with Crippen molar-refractivity contribution in [1.82, 2.24) is 0 Å². The van der Waals surface area contributed by atoms with E-state index in [9.17, 15) is 4.79 Å². The topological polar surface area (TPSA) is 96.9 Å². The maximum atomic E-state index is 11.6. The molecule has 6 heteroatoms. The summed E-state index contributed by atoms with van der Waals surface area (Å²) in [6.45, 7) is 3.95. The lowest BCUT2D eigenvalue weighted by atomic mass is 10.1. The highest BCUT2D eigenvalue weighted by atomic mass is 16.5. The fourth-order valence-electron chi connectivity index (χ4n) is 1.43. The Hall–Kier alpha value is -2.24. The summed E-state index contributed by atoms with van der Waals surface area (Å²) in [5.41, 5.74) is 5.95. The van der Waals surface area contributed by atoms with Crippen LogP contribution >= 0.6 is 0 Å². The van der Waals surface area contributed by atoms with Crippen LogP contribution in [0, 0.1) is 5.92 Å². The summed E-state index contributed by atoms with van der Waals surface area (Å²) >= 11 is 0. The van der Waals surface area contributed by atoms with E-state index in [1.165, 1.54) is 0 Å². The number of amides is 1. The molecule has 0 radical (unpaired) electrons. The molecule has 1 aromatic carbocycles. The first-order valence-electron chi connectivity index (χ1n) is 6.00. The van der Waals surface area contributed by atoms with E-state index in [4.69, 9.17) is 15.7 Å². The minimum atomic E-state index is -0.0383. The third-order valence-electron chi connectivity index (χ3n) is 2.23. The Kier molecular flexibility index (Phi) is 5.66.